The fraction of sp³-hybridized carbons (Fsp3) is 0.368. The smallest absolute Gasteiger partial charge is 0.264 e. The first-order chi connectivity index (χ1) is 11.9. The van der Waals surface area contributed by atoms with Crippen LogP contribution in [0.15, 0.2) is 47.4 Å². The zero-order chi connectivity index (χ0) is 18.0. The predicted octanol–water partition coefficient (Wildman–Crippen LogP) is 3.80. The SMILES string of the molecule is CCN(c1ccc(C(C)C)cc1)S(=O)(=O)c1ccc2c(c1)OCCO2. The van der Waals surface area contributed by atoms with Crippen molar-refractivity contribution in [1.82, 2.24) is 0 Å². The van der Waals surface area contributed by atoms with Gasteiger partial charge in [-0.2, -0.15) is 0 Å². The van der Waals surface area contributed by atoms with Crippen molar-refractivity contribution >= 4 is 15.7 Å². The van der Waals surface area contributed by atoms with E-state index in [9.17, 15) is 8.42 Å². The normalized spacial score (nSPS) is 13.8. The van der Waals surface area contributed by atoms with Crippen LogP contribution >= 0.6 is 0 Å². The maximum absolute atomic E-state index is 13.1. The third-order valence-corrected chi connectivity index (χ3v) is 6.14. The molecule has 0 N–H and O–H groups in total. The monoisotopic (exact) mass is 361 g/mol. The summed E-state index contributed by atoms with van der Waals surface area (Å²) < 4.78 is 38.6. The lowest BCUT2D eigenvalue weighted by molar-refractivity contribution is 0.171. The van der Waals surface area contributed by atoms with Crippen LogP contribution in [0.4, 0.5) is 5.69 Å². The molecule has 1 aliphatic heterocycles. The van der Waals surface area contributed by atoms with Crippen LogP contribution in [0.3, 0.4) is 0 Å². The molecular formula is C19H23NO4S. The van der Waals surface area contributed by atoms with Gasteiger partial charge in [0.05, 0.1) is 10.6 Å². The highest BCUT2D eigenvalue weighted by Gasteiger charge is 2.26. The molecule has 1 aliphatic rings. The summed E-state index contributed by atoms with van der Waals surface area (Å²) in [7, 11) is -3.67. The van der Waals surface area contributed by atoms with Gasteiger partial charge in [-0.15, -0.1) is 0 Å². The first-order valence-electron chi connectivity index (χ1n) is 8.46. The van der Waals surface area contributed by atoms with Gasteiger partial charge in [-0.3, -0.25) is 4.31 Å². The number of rotatable bonds is 5. The molecule has 0 amide bonds. The Labute approximate surface area is 149 Å². The van der Waals surface area contributed by atoms with E-state index >= 15 is 0 Å². The highest BCUT2D eigenvalue weighted by Crippen LogP contribution is 2.34. The number of hydrogen-bond donors (Lipinski definition) is 0. The first-order valence-corrected chi connectivity index (χ1v) is 9.90. The fourth-order valence-corrected chi connectivity index (χ4v) is 4.32. The van der Waals surface area contributed by atoms with E-state index in [4.69, 9.17) is 9.47 Å². The maximum atomic E-state index is 13.1. The number of ether oxygens (including phenoxy) is 2. The molecule has 0 unspecified atom stereocenters. The molecule has 0 saturated carbocycles. The number of hydrogen-bond acceptors (Lipinski definition) is 4. The molecule has 0 atom stereocenters. The third-order valence-electron chi connectivity index (χ3n) is 4.24. The van der Waals surface area contributed by atoms with E-state index < -0.39 is 10.0 Å². The van der Waals surface area contributed by atoms with Crippen LogP contribution in [-0.2, 0) is 10.0 Å². The number of fused-ring (bicyclic) bond motifs is 1. The molecule has 0 aliphatic carbocycles. The van der Waals surface area contributed by atoms with Gasteiger partial charge >= 0.3 is 0 Å². The number of nitrogens with zero attached hydrogens (tertiary/aromatic N) is 1. The lowest BCUT2D eigenvalue weighted by Gasteiger charge is -2.25. The van der Waals surface area contributed by atoms with Gasteiger partial charge in [-0.1, -0.05) is 26.0 Å². The van der Waals surface area contributed by atoms with Crippen LogP contribution in [0, 0.1) is 0 Å². The van der Waals surface area contributed by atoms with Crippen molar-refractivity contribution in [2.75, 3.05) is 24.1 Å². The Morgan fingerprint density at radius 3 is 2.24 bits per heavy atom. The van der Waals surface area contributed by atoms with Gasteiger partial charge in [-0.25, -0.2) is 8.42 Å². The standard InChI is InChI=1S/C19H23NO4S/c1-4-20(16-7-5-15(6-8-16)14(2)3)25(21,22)17-9-10-18-19(13-17)24-12-11-23-18/h5-10,13-14H,4,11-12H2,1-3H3. The van der Waals surface area contributed by atoms with Gasteiger partial charge in [0.25, 0.3) is 10.0 Å². The summed E-state index contributed by atoms with van der Waals surface area (Å²) in [6.07, 6.45) is 0. The Morgan fingerprint density at radius 2 is 1.64 bits per heavy atom. The van der Waals surface area contributed by atoms with E-state index in [0.717, 1.165) is 0 Å². The zero-order valence-electron chi connectivity index (χ0n) is 14.7. The van der Waals surface area contributed by atoms with E-state index in [-0.39, 0.29) is 4.90 Å². The summed E-state index contributed by atoms with van der Waals surface area (Å²) in [5, 5.41) is 0. The van der Waals surface area contributed by atoms with Crippen LogP contribution in [0.25, 0.3) is 0 Å². The molecule has 0 bridgehead atoms. The van der Waals surface area contributed by atoms with Crippen molar-refractivity contribution in [2.45, 2.75) is 31.6 Å². The van der Waals surface area contributed by atoms with Crippen LogP contribution in [0.5, 0.6) is 11.5 Å². The van der Waals surface area contributed by atoms with E-state index in [0.29, 0.717) is 42.9 Å². The topological polar surface area (TPSA) is 55.8 Å². The second-order valence-corrected chi connectivity index (χ2v) is 8.08. The number of sulfonamides is 1. The second-order valence-electron chi connectivity index (χ2n) is 6.22. The molecule has 3 rings (SSSR count). The van der Waals surface area contributed by atoms with Gasteiger partial charge in [-0.05, 0) is 42.7 Å². The van der Waals surface area contributed by atoms with E-state index in [1.165, 1.54) is 15.9 Å². The van der Waals surface area contributed by atoms with Crippen molar-refractivity contribution in [2.24, 2.45) is 0 Å². The molecule has 25 heavy (non-hydrogen) atoms. The van der Waals surface area contributed by atoms with Crippen molar-refractivity contribution < 1.29 is 17.9 Å². The van der Waals surface area contributed by atoms with Gasteiger partial charge in [0.15, 0.2) is 11.5 Å². The van der Waals surface area contributed by atoms with Crippen molar-refractivity contribution in [3.63, 3.8) is 0 Å². The molecular weight excluding hydrogens is 338 g/mol. The minimum absolute atomic E-state index is 0.200. The Balaban J connectivity index is 1.96. The largest absolute Gasteiger partial charge is 0.486 e. The Hall–Kier alpha value is -2.21. The van der Waals surface area contributed by atoms with Crippen LogP contribution < -0.4 is 13.8 Å². The summed E-state index contributed by atoms with van der Waals surface area (Å²) in [6, 6.07) is 12.4. The van der Waals surface area contributed by atoms with Crippen molar-refractivity contribution in [3.05, 3.63) is 48.0 Å². The summed E-state index contributed by atoms with van der Waals surface area (Å²) in [5.74, 6) is 1.45. The van der Waals surface area contributed by atoms with Crippen LogP contribution in [-0.4, -0.2) is 28.2 Å². The number of benzene rings is 2. The van der Waals surface area contributed by atoms with E-state index in [1.807, 2.05) is 31.2 Å². The van der Waals surface area contributed by atoms with Crippen molar-refractivity contribution in [1.29, 1.82) is 0 Å². The highest BCUT2D eigenvalue weighted by molar-refractivity contribution is 7.92. The molecule has 0 radical (unpaired) electrons. The number of anilines is 1. The summed E-state index contributed by atoms with van der Waals surface area (Å²) >= 11 is 0. The van der Waals surface area contributed by atoms with Gasteiger partial charge in [0.2, 0.25) is 0 Å². The van der Waals surface area contributed by atoms with E-state index in [2.05, 4.69) is 13.8 Å². The maximum Gasteiger partial charge on any atom is 0.264 e. The zero-order valence-corrected chi connectivity index (χ0v) is 15.5. The van der Waals surface area contributed by atoms with Gasteiger partial charge in [0.1, 0.15) is 13.2 Å². The van der Waals surface area contributed by atoms with Crippen molar-refractivity contribution in [3.8, 4) is 11.5 Å². The highest BCUT2D eigenvalue weighted by atomic mass is 32.2. The van der Waals surface area contributed by atoms with Crippen LogP contribution in [0.1, 0.15) is 32.3 Å². The van der Waals surface area contributed by atoms with Crippen LogP contribution in [0.2, 0.25) is 0 Å². The molecule has 134 valence electrons. The molecule has 2 aromatic rings. The summed E-state index contributed by atoms with van der Waals surface area (Å²) in [6.45, 7) is 7.29. The lowest BCUT2D eigenvalue weighted by atomic mass is 10.0. The second kappa shape index (κ2) is 6.96. The average Bonchev–Trinajstić information content (AvgIpc) is 2.62. The molecule has 0 aromatic heterocycles. The Kier molecular flexibility index (Phi) is 4.90. The summed E-state index contributed by atoms with van der Waals surface area (Å²) in [5.41, 5.74) is 1.83. The Bertz CT molecular complexity index is 844. The third kappa shape index (κ3) is 3.44. The van der Waals surface area contributed by atoms with E-state index in [1.54, 1.807) is 12.1 Å². The quantitative estimate of drug-likeness (QED) is 0.813. The average molecular weight is 361 g/mol. The molecule has 0 saturated heterocycles. The minimum atomic E-state index is -3.67. The first kappa shape index (κ1) is 17.6. The predicted molar refractivity (Wildman–Crippen MR) is 98.2 cm³/mol. The Morgan fingerprint density at radius 1 is 1.00 bits per heavy atom. The molecule has 1 heterocycles. The summed E-state index contributed by atoms with van der Waals surface area (Å²) in [4.78, 5) is 0.200. The minimum Gasteiger partial charge on any atom is -0.486 e. The fourth-order valence-electron chi connectivity index (χ4n) is 2.83. The molecule has 2 aromatic carbocycles. The molecule has 5 nitrogen and oxygen atoms in total. The lowest BCUT2D eigenvalue weighted by Crippen LogP contribution is -2.31. The van der Waals surface area contributed by atoms with Gasteiger partial charge < -0.3 is 9.47 Å². The molecule has 0 spiro atoms. The van der Waals surface area contributed by atoms with Gasteiger partial charge in [0, 0.05) is 12.6 Å². The molecule has 0 fully saturated rings. The molecule has 6 heteroatoms.